The molecule has 3 rings (SSSR count). The van der Waals surface area contributed by atoms with Crippen LogP contribution in [0.4, 0.5) is 0 Å². The Kier molecular flexibility index (Phi) is 5.48. The average molecular weight is 472 g/mol. The van der Waals surface area contributed by atoms with Gasteiger partial charge in [-0.1, -0.05) is 80.1 Å². The Morgan fingerprint density at radius 3 is 1.87 bits per heavy atom. The second-order valence-corrected chi connectivity index (χ2v) is 9.03. The van der Waals surface area contributed by atoms with E-state index < -0.39 is 0 Å². The predicted molar refractivity (Wildman–Crippen MR) is 109 cm³/mol. The van der Waals surface area contributed by atoms with Crippen LogP contribution >= 0.6 is 55.8 Å². The largest absolute Gasteiger partial charge is 0.341 e. The van der Waals surface area contributed by atoms with E-state index in [-0.39, 0.29) is 11.5 Å². The lowest BCUT2D eigenvalue weighted by atomic mass is 10.1. The minimum Gasteiger partial charge on any atom is -0.341 e. The molecule has 6 heteroatoms. The van der Waals surface area contributed by atoms with Crippen molar-refractivity contribution in [2.24, 2.45) is 0 Å². The van der Waals surface area contributed by atoms with Crippen LogP contribution in [0.25, 0.3) is 0 Å². The van der Waals surface area contributed by atoms with Crippen LogP contribution in [0, 0.1) is 0 Å². The zero-order chi connectivity index (χ0) is 16.6. The van der Waals surface area contributed by atoms with Gasteiger partial charge in [-0.05, 0) is 42.4 Å². The molecule has 1 aliphatic heterocycles. The number of thioether (sulfide) groups is 1. The van der Waals surface area contributed by atoms with Crippen molar-refractivity contribution in [2.75, 3.05) is 14.1 Å². The predicted octanol–water partition coefficient (Wildman–Crippen LogP) is 5.80. The molecule has 2 unspecified atom stereocenters. The van der Waals surface area contributed by atoms with E-state index >= 15 is 0 Å². The van der Waals surface area contributed by atoms with Gasteiger partial charge in [-0.25, -0.2) is 0 Å². The van der Waals surface area contributed by atoms with Crippen molar-refractivity contribution in [1.29, 1.82) is 0 Å². The fraction of sp³-hybridized carbons (Fsp3) is 0.235. The van der Waals surface area contributed by atoms with E-state index in [1.54, 1.807) is 11.8 Å². The smallest absolute Gasteiger partial charge is 0.139 e. The van der Waals surface area contributed by atoms with Gasteiger partial charge < -0.3 is 4.90 Å². The molecule has 0 amide bonds. The summed E-state index contributed by atoms with van der Waals surface area (Å²) in [7, 11) is 4.22. The molecule has 1 heterocycles. The molecular weight excluding hydrogens is 456 g/mol. The Morgan fingerprint density at radius 1 is 0.870 bits per heavy atom. The van der Waals surface area contributed by atoms with Gasteiger partial charge in [0, 0.05) is 16.0 Å². The first-order valence-electron chi connectivity index (χ1n) is 7.13. The van der Waals surface area contributed by atoms with Crippen molar-refractivity contribution >= 4 is 60.2 Å². The standard InChI is InChI=1S/C17H16Br2N2S2/c1-20-15(11-3-7-13(18)8-4-11)21(2)17(22)23-16(20)12-5-9-14(19)10-6-12/h3-10,15-16H,1-2H3. The molecule has 2 atom stereocenters. The van der Waals surface area contributed by atoms with Crippen LogP contribution in [-0.4, -0.2) is 28.2 Å². The van der Waals surface area contributed by atoms with E-state index in [1.165, 1.54) is 11.1 Å². The summed E-state index contributed by atoms with van der Waals surface area (Å²) in [6.07, 6.45) is 0.130. The lowest BCUT2D eigenvalue weighted by Gasteiger charge is -2.46. The summed E-state index contributed by atoms with van der Waals surface area (Å²) >= 11 is 14.4. The van der Waals surface area contributed by atoms with Crippen LogP contribution in [0.15, 0.2) is 57.5 Å². The topological polar surface area (TPSA) is 6.48 Å². The summed E-state index contributed by atoms with van der Waals surface area (Å²) in [5.41, 5.74) is 2.50. The van der Waals surface area contributed by atoms with E-state index in [4.69, 9.17) is 12.2 Å². The molecule has 1 saturated heterocycles. The summed E-state index contributed by atoms with van der Waals surface area (Å²) in [4.78, 5) is 4.53. The van der Waals surface area contributed by atoms with Crippen LogP contribution in [0.1, 0.15) is 22.7 Å². The highest BCUT2D eigenvalue weighted by Gasteiger charge is 2.36. The van der Waals surface area contributed by atoms with Crippen LogP contribution in [0.2, 0.25) is 0 Å². The van der Waals surface area contributed by atoms with E-state index in [0.717, 1.165) is 13.3 Å². The number of hydrogen-bond acceptors (Lipinski definition) is 3. The van der Waals surface area contributed by atoms with Crippen molar-refractivity contribution in [3.05, 3.63) is 68.6 Å². The van der Waals surface area contributed by atoms with E-state index in [1.807, 2.05) is 0 Å². The van der Waals surface area contributed by atoms with Crippen LogP contribution in [-0.2, 0) is 0 Å². The van der Waals surface area contributed by atoms with Crippen molar-refractivity contribution < 1.29 is 0 Å². The van der Waals surface area contributed by atoms with Gasteiger partial charge in [-0.3, -0.25) is 4.90 Å². The highest BCUT2D eigenvalue weighted by atomic mass is 79.9. The summed E-state index contributed by atoms with van der Waals surface area (Å²) in [6, 6.07) is 16.9. The van der Waals surface area contributed by atoms with Gasteiger partial charge in [-0.2, -0.15) is 0 Å². The first-order valence-corrected chi connectivity index (χ1v) is 10.0. The van der Waals surface area contributed by atoms with Gasteiger partial charge >= 0.3 is 0 Å². The molecule has 0 radical (unpaired) electrons. The molecule has 120 valence electrons. The zero-order valence-electron chi connectivity index (χ0n) is 12.7. The second-order valence-electron chi connectivity index (χ2n) is 5.49. The molecule has 2 aromatic carbocycles. The summed E-state index contributed by atoms with van der Waals surface area (Å²) in [5.74, 6) is 0. The first kappa shape index (κ1) is 17.4. The first-order chi connectivity index (χ1) is 11.0. The average Bonchev–Trinajstić information content (AvgIpc) is 2.54. The Hall–Kier alpha value is -0.400. The van der Waals surface area contributed by atoms with Gasteiger partial charge in [-0.15, -0.1) is 0 Å². The third-order valence-electron chi connectivity index (χ3n) is 3.95. The molecule has 0 saturated carbocycles. The number of nitrogens with zero attached hydrogens (tertiary/aromatic N) is 2. The monoisotopic (exact) mass is 470 g/mol. The molecule has 0 spiro atoms. The zero-order valence-corrected chi connectivity index (χ0v) is 17.5. The lowest BCUT2D eigenvalue weighted by Crippen LogP contribution is -2.45. The van der Waals surface area contributed by atoms with Crippen LogP contribution in [0.5, 0.6) is 0 Å². The Bertz CT molecular complexity index is 704. The molecule has 1 fully saturated rings. The number of thiocarbonyl (C=S) groups is 1. The Morgan fingerprint density at radius 2 is 1.35 bits per heavy atom. The molecule has 0 aliphatic carbocycles. The minimum atomic E-state index is 0.130. The fourth-order valence-electron chi connectivity index (χ4n) is 2.79. The molecule has 0 aromatic heterocycles. The van der Waals surface area contributed by atoms with E-state index in [9.17, 15) is 0 Å². The maximum atomic E-state index is 5.63. The second kappa shape index (κ2) is 7.23. The summed E-state index contributed by atoms with van der Waals surface area (Å²) in [5, 5.41) is 0.209. The Labute approximate surface area is 163 Å². The summed E-state index contributed by atoms with van der Waals surface area (Å²) in [6.45, 7) is 0. The maximum Gasteiger partial charge on any atom is 0.139 e. The van der Waals surface area contributed by atoms with Gasteiger partial charge in [0.15, 0.2) is 0 Å². The summed E-state index contributed by atoms with van der Waals surface area (Å²) < 4.78 is 3.10. The van der Waals surface area contributed by atoms with Crippen LogP contribution < -0.4 is 0 Å². The number of rotatable bonds is 2. The van der Waals surface area contributed by atoms with E-state index in [2.05, 4.69) is 104 Å². The van der Waals surface area contributed by atoms with Crippen molar-refractivity contribution in [3.8, 4) is 0 Å². The van der Waals surface area contributed by atoms with Gasteiger partial charge in [0.1, 0.15) is 10.5 Å². The van der Waals surface area contributed by atoms with Crippen molar-refractivity contribution in [3.63, 3.8) is 0 Å². The SMILES string of the molecule is CN1C(=S)SC(c2ccc(Br)cc2)N(C)C1c1ccc(Br)cc1. The number of hydrogen-bond donors (Lipinski definition) is 0. The molecule has 2 aromatic rings. The lowest BCUT2D eigenvalue weighted by molar-refractivity contribution is 0.122. The molecule has 1 aliphatic rings. The minimum absolute atomic E-state index is 0.130. The molecular formula is C17H16Br2N2S2. The molecule has 0 N–H and O–H groups in total. The van der Waals surface area contributed by atoms with Gasteiger partial charge in [0.05, 0.1) is 5.37 Å². The third-order valence-corrected chi connectivity index (χ3v) is 6.90. The highest BCUT2D eigenvalue weighted by molar-refractivity contribution is 9.10. The van der Waals surface area contributed by atoms with Crippen LogP contribution in [0.3, 0.4) is 0 Å². The highest BCUT2D eigenvalue weighted by Crippen LogP contribution is 2.45. The molecule has 2 nitrogen and oxygen atoms in total. The van der Waals surface area contributed by atoms with Crippen molar-refractivity contribution in [1.82, 2.24) is 9.80 Å². The quantitative estimate of drug-likeness (QED) is 0.510. The third kappa shape index (κ3) is 3.66. The fourth-order valence-corrected chi connectivity index (χ4v) is 4.72. The van der Waals surface area contributed by atoms with E-state index in [0.29, 0.717) is 0 Å². The normalized spacial score (nSPS) is 22.4. The number of benzene rings is 2. The van der Waals surface area contributed by atoms with Gasteiger partial charge in [0.2, 0.25) is 0 Å². The maximum absolute atomic E-state index is 5.63. The molecule has 23 heavy (non-hydrogen) atoms. The molecule has 0 bridgehead atoms. The Balaban J connectivity index is 1.96. The van der Waals surface area contributed by atoms with Gasteiger partial charge in [0.25, 0.3) is 0 Å². The number of halogens is 2. The van der Waals surface area contributed by atoms with Crippen molar-refractivity contribution in [2.45, 2.75) is 11.5 Å².